The van der Waals surface area contributed by atoms with Crippen molar-refractivity contribution in [3.63, 3.8) is 0 Å². The predicted molar refractivity (Wildman–Crippen MR) is 94.3 cm³/mol. The summed E-state index contributed by atoms with van der Waals surface area (Å²) in [6.07, 6.45) is 4.07. The third-order valence-electron chi connectivity index (χ3n) is 3.94. The molecule has 0 unspecified atom stereocenters. The second-order valence-electron chi connectivity index (χ2n) is 5.77. The fraction of sp³-hybridized carbons (Fsp3) is 0.235. The fourth-order valence-electron chi connectivity index (χ4n) is 2.64. The molecule has 2 N–H and O–H groups in total. The second-order valence-corrected chi connectivity index (χ2v) is 6.20. The van der Waals surface area contributed by atoms with E-state index >= 15 is 0 Å². The Bertz CT molecular complexity index is 936. The summed E-state index contributed by atoms with van der Waals surface area (Å²) in [6, 6.07) is 7.25. The molecule has 2 aromatic heterocycles. The van der Waals surface area contributed by atoms with Gasteiger partial charge >= 0.3 is 0 Å². The average molecular weight is 374 g/mol. The van der Waals surface area contributed by atoms with Crippen molar-refractivity contribution in [2.75, 3.05) is 13.3 Å². The smallest absolute Gasteiger partial charge is 0.269 e. The number of carbonyl (C=O) groups is 1. The summed E-state index contributed by atoms with van der Waals surface area (Å²) in [5.41, 5.74) is 1.92. The monoisotopic (exact) mass is 373 g/mol. The van der Waals surface area contributed by atoms with Crippen molar-refractivity contribution in [3.05, 3.63) is 47.4 Å². The minimum atomic E-state index is -0.206. The van der Waals surface area contributed by atoms with Crippen molar-refractivity contribution in [2.45, 2.75) is 13.0 Å². The number of hydrogen-bond acceptors (Lipinski definition) is 5. The minimum Gasteiger partial charge on any atom is -0.454 e. The summed E-state index contributed by atoms with van der Waals surface area (Å²) in [5, 5.41) is 14.5. The highest BCUT2D eigenvalue weighted by Gasteiger charge is 2.16. The number of ether oxygens (including phenoxy) is 2. The fourth-order valence-corrected chi connectivity index (χ4v) is 2.80. The first-order valence-corrected chi connectivity index (χ1v) is 8.48. The molecule has 134 valence electrons. The highest BCUT2D eigenvalue weighted by molar-refractivity contribution is 6.30. The number of carbonyl (C=O) groups excluding carboxylic acids is 1. The van der Waals surface area contributed by atoms with Gasteiger partial charge in [-0.15, -0.1) is 0 Å². The molecule has 3 aromatic rings. The van der Waals surface area contributed by atoms with E-state index in [2.05, 4.69) is 20.6 Å². The number of benzene rings is 1. The van der Waals surface area contributed by atoms with Gasteiger partial charge in [-0.1, -0.05) is 11.6 Å². The first-order chi connectivity index (χ1) is 12.7. The van der Waals surface area contributed by atoms with Crippen LogP contribution in [0.2, 0.25) is 5.02 Å². The van der Waals surface area contributed by atoms with Gasteiger partial charge in [0.1, 0.15) is 5.69 Å². The lowest BCUT2D eigenvalue weighted by atomic mass is 10.1. The van der Waals surface area contributed by atoms with Crippen LogP contribution in [0.15, 0.2) is 36.7 Å². The number of hydrogen-bond donors (Lipinski definition) is 2. The van der Waals surface area contributed by atoms with Crippen molar-refractivity contribution in [1.82, 2.24) is 25.3 Å². The molecule has 4 rings (SSSR count). The third kappa shape index (κ3) is 3.50. The lowest BCUT2D eigenvalue weighted by Crippen LogP contribution is -2.25. The quantitative estimate of drug-likeness (QED) is 0.647. The van der Waals surface area contributed by atoms with E-state index in [4.69, 9.17) is 21.1 Å². The molecule has 0 aliphatic carbocycles. The number of halogens is 1. The molecule has 3 heterocycles. The second kappa shape index (κ2) is 7.09. The molecule has 1 aliphatic heterocycles. The van der Waals surface area contributed by atoms with Gasteiger partial charge in [0, 0.05) is 24.8 Å². The molecule has 8 nitrogen and oxygen atoms in total. The number of amides is 1. The van der Waals surface area contributed by atoms with Crippen molar-refractivity contribution < 1.29 is 14.3 Å². The van der Waals surface area contributed by atoms with Gasteiger partial charge in [-0.25, -0.2) is 0 Å². The van der Waals surface area contributed by atoms with Gasteiger partial charge in [0.15, 0.2) is 11.5 Å². The van der Waals surface area contributed by atoms with Crippen LogP contribution in [0, 0.1) is 0 Å². The van der Waals surface area contributed by atoms with E-state index in [1.165, 1.54) is 0 Å². The van der Waals surface area contributed by atoms with Crippen LogP contribution in [-0.2, 0) is 6.54 Å². The average Bonchev–Trinajstić information content (AvgIpc) is 3.38. The normalized spacial score (nSPS) is 12.3. The molecule has 1 aromatic carbocycles. The summed E-state index contributed by atoms with van der Waals surface area (Å²) in [4.78, 5) is 12.2. The van der Waals surface area contributed by atoms with Gasteiger partial charge in [0.05, 0.1) is 16.9 Å². The molecule has 1 aliphatic rings. The summed E-state index contributed by atoms with van der Waals surface area (Å²) in [5.74, 6) is 1.18. The maximum Gasteiger partial charge on any atom is 0.269 e. The highest BCUT2D eigenvalue weighted by atomic mass is 35.5. The van der Waals surface area contributed by atoms with Crippen LogP contribution in [-0.4, -0.2) is 39.2 Å². The first kappa shape index (κ1) is 16.5. The van der Waals surface area contributed by atoms with Crippen LogP contribution >= 0.6 is 11.6 Å². The number of nitrogens with zero attached hydrogens (tertiary/aromatic N) is 3. The number of aromatic nitrogens is 4. The molecular formula is C17H16ClN5O3. The lowest BCUT2D eigenvalue weighted by Gasteiger charge is -2.03. The van der Waals surface area contributed by atoms with E-state index in [9.17, 15) is 4.79 Å². The molecule has 0 saturated heterocycles. The van der Waals surface area contributed by atoms with E-state index < -0.39 is 0 Å². The molecule has 26 heavy (non-hydrogen) atoms. The molecule has 0 radical (unpaired) electrons. The van der Waals surface area contributed by atoms with E-state index in [1.807, 2.05) is 18.2 Å². The van der Waals surface area contributed by atoms with Crippen LogP contribution in [0.3, 0.4) is 0 Å². The van der Waals surface area contributed by atoms with Crippen molar-refractivity contribution in [3.8, 4) is 22.8 Å². The van der Waals surface area contributed by atoms with Crippen LogP contribution in [0.25, 0.3) is 11.3 Å². The molecule has 1 amide bonds. The van der Waals surface area contributed by atoms with Crippen molar-refractivity contribution in [2.24, 2.45) is 0 Å². The summed E-state index contributed by atoms with van der Waals surface area (Å²) in [6.45, 7) is 1.42. The molecular weight excluding hydrogens is 358 g/mol. The largest absolute Gasteiger partial charge is 0.454 e. The summed E-state index contributed by atoms with van der Waals surface area (Å²) in [7, 11) is 0. The predicted octanol–water partition coefficient (Wildman–Crippen LogP) is 2.48. The number of fused-ring (bicyclic) bond motifs is 1. The Morgan fingerprint density at radius 3 is 3.04 bits per heavy atom. The molecule has 0 bridgehead atoms. The number of aryl methyl sites for hydroxylation is 1. The van der Waals surface area contributed by atoms with Gasteiger partial charge in [-0.3, -0.25) is 14.6 Å². The zero-order chi connectivity index (χ0) is 17.9. The number of aromatic amines is 1. The Labute approximate surface area is 154 Å². The number of rotatable bonds is 6. The molecule has 0 saturated carbocycles. The standard InChI is InChI=1S/C17H16ClN5O3/c18-12-8-20-23(9-12)5-1-4-19-17(24)14-7-13(21-22-14)11-2-3-15-16(6-11)26-10-25-15/h2-3,6-9H,1,4-5,10H2,(H,19,24)(H,21,22). The number of nitrogens with one attached hydrogen (secondary N) is 2. The molecule has 0 atom stereocenters. The zero-order valence-electron chi connectivity index (χ0n) is 13.7. The van der Waals surface area contributed by atoms with E-state index in [0.717, 1.165) is 12.0 Å². The Morgan fingerprint density at radius 2 is 2.19 bits per heavy atom. The van der Waals surface area contributed by atoms with Gasteiger partial charge in [-0.05, 0) is 30.7 Å². The topological polar surface area (TPSA) is 94.1 Å². The molecule has 9 heteroatoms. The first-order valence-electron chi connectivity index (χ1n) is 8.10. The molecule has 0 fully saturated rings. The lowest BCUT2D eigenvalue weighted by molar-refractivity contribution is 0.0947. The highest BCUT2D eigenvalue weighted by Crippen LogP contribution is 2.35. The maximum atomic E-state index is 12.2. The zero-order valence-corrected chi connectivity index (χ0v) is 14.5. The summed E-state index contributed by atoms with van der Waals surface area (Å²) < 4.78 is 12.4. The van der Waals surface area contributed by atoms with Crippen LogP contribution in [0.1, 0.15) is 16.9 Å². The Morgan fingerprint density at radius 1 is 1.31 bits per heavy atom. The van der Waals surface area contributed by atoms with E-state index in [-0.39, 0.29) is 12.7 Å². The van der Waals surface area contributed by atoms with E-state index in [0.29, 0.717) is 41.0 Å². The molecule has 0 spiro atoms. The van der Waals surface area contributed by atoms with Gasteiger partial charge < -0.3 is 14.8 Å². The van der Waals surface area contributed by atoms with Crippen LogP contribution in [0.5, 0.6) is 11.5 Å². The maximum absolute atomic E-state index is 12.2. The van der Waals surface area contributed by atoms with Crippen LogP contribution < -0.4 is 14.8 Å². The van der Waals surface area contributed by atoms with Gasteiger partial charge in [0.2, 0.25) is 6.79 Å². The Balaban J connectivity index is 1.33. The summed E-state index contributed by atoms with van der Waals surface area (Å²) >= 11 is 5.81. The van der Waals surface area contributed by atoms with Crippen LogP contribution in [0.4, 0.5) is 0 Å². The Hall–Kier alpha value is -3.00. The minimum absolute atomic E-state index is 0.206. The van der Waals surface area contributed by atoms with Gasteiger partial charge in [0.25, 0.3) is 5.91 Å². The SMILES string of the molecule is O=C(NCCCn1cc(Cl)cn1)c1cc(-c2ccc3c(c2)OCO3)n[nH]1. The Kier molecular flexibility index (Phi) is 4.49. The van der Waals surface area contributed by atoms with Gasteiger partial charge in [-0.2, -0.15) is 10.2 Å². The third-order valence-corrected chi connectivity index (χ3v) is 4.14. The number of H-pyrrole nitrogens is 1. The van der Waals surface area contributed by atoms with E-state index in [1.54, 1.807) is 23.1 Å². The van der Waals surface area contributed by atoms with Crippen molar-refractivity contribution >= 4 is 17.5 Å². The van der Waals surface area contributed by atoms with Crippen molar-refractivity contribution in [1.29, 1.82) is 0 Å².